The highest BCUT2D eigenvalue weighted by Crippen LogP contribution is 2.58. The van der Waals surface area contributed by atoms with Gasteiger partial charge >= 0.3 is 6.03 Å². The lowest BCUT2D eigenvalue weighted by molar-refractivity contribution is 0.239. The van der Waals surface area contributed by atoms with Crippen molar-refractivity contribution < 1.29 is 13.2 Å². The minimum atomic E-state index is -4.07. The summed E-state index contributed by atoms with van der Waals surface area (Å²) in [5.74, 6) is 0.538. The Hall–Kier alpha value is -4.50. The normalized spacial score (nSPS) is 18.6. The van der Waals surface area contributed by atoms with Crippen LogP contribution in [0.4, 0.5) is 4.79 Å². The van der Waals surface area contributed by atoms with Gasteiger partial charge in [0, 0.05) is 35.1 Å². The third-order valence-electron chi connectivity index (χ3n) is 7.24. The number of amides is 2. The highest BCUT2D eigenvalue weighted by molar-refractivity contribution is 7.90. The van der Waals surface area contributed by atoms with E-state index in [0.717, 1.165) is 27.8 Å². The summed E-state index contributed by atoms with van der Waals surface area (Å²) in [6.07, 6.45) is 4.11. The molecule has 1 aliphatic carbocycles. The highest BCUT2D eigenvalue weighted by atomic mass is 32.2. The number of carbonyl (C=O) groups excluding carboxylic acids is 1. The Morgan fingerprint density at radius 1 is 0.974 bits per heavy atom. The van der Waals surface area contributed by atoms with Gasteiger partial charge in [-0.3, -0.25) is 4.98 Å². The molecule has 5 aromatic rings. The molecule has 0 saturated heterocycles. The van der Waals surface area contributed by atoms with E-state index in [2.05, 4.69) is 20.0 Å². The first kappa shape index (κ1) is 24.8. The Balaban J connectivity index is 1.37. The van der Waals surface area contributed by atoms with Crippen LogP contribution in [0.1, 0.15) is 35.0 Å². The van der Waals surface area contributed by atoms with Crippen LogP contribution in [0.25, 0.3) is 16.6 Å². The van der Waals surface area contributed by atoms with Gasteiger partial charge in [0.05, 0.1) is 10.4 Å². The lowest BCUT2D eigenvalue weighted by atomic mass is 10.1. The van der Waals surface area contributed by atoms with Gasteiger partial charge in [-0.2, -0.15) is 0 Å². The molecule has 9 heteroatoms. The predicted octanol–water partition coefficient (Wildman–Crippen LogP) is 5.11. The van der Waals surface area contributed by atoms with Gasteiger partial charge in [-0.1, -0.05) is 54.6 Å². The maximum absolute atomic E-state index is 13.3. The van der Waals surface area contributed by atoms with Gasteiger partial charge in [0.2, 0.25) is 0 Å². The van der Waals surface area contributed by atoms with Gasteiger partial charge in [0.25, 0.3) is 10.0 Å². The zero-order valence-electron chi connectivity index (χ0n) is 21.5. The number of urea groups is 1. The molecule has 3 aromatic carbocycles. The maximum atomic E-state index is 13.3. The Morgan fingerprint density at radius 3 is 2.54 bits per heavy atom. The van der Waals surface area contributed by atoms with Crippen LogP contribution in [0, 0.1) is 13.8 Å². The van der Waals surface area contributed by atoms with Crippen molar-refractivity contribution in [1.29, 1.82) is 0 Å². The van der Waals surface area contributed by atoms with Gasteiger partial charge in [-0.25, -0.2) is 22.9 Å². The molecule has 1 aliphatic rings. The largest absolute Gasteiger partial charge is 0.329 e. The summed E-state index contributed by atoms with van der Waals surface area (Å²) in [5, 5.41) is 3.98. The Morgan fingerprint density at radius 2 is 1.74 bits per heavy atom. The molecule has 2 amide bonds. The van der Waals surface area contributed by atoms with Crippen LogP contribution in [-0.2, 0) is 15.6 Å². The number of aromatic nitrogens is 3. The molecule has 2 N–H and O–H groups in total. The number of benzene rings is 3. The minimum absolute atomic E-state index is 0.0612. The molecule has 0 bridgehead atoms. The van der Waals surface area contributed by atoms with Crippen LogP contribution in [0.2, 0.25) is 0 Å². The summed E-state index contributed by atoms with van der Waals surface area (Å²) in [6, 6.07) is 25.6. The second kappa shape index (κ2) is 9.36. The first-order valence-corrected chi connectivity index (χ1v) is 14.1. The number of rotatable bonds is 6. The van der Waals surface area contributed by atoms with E-state index < -0.39 is 21.6 Å². The number of aryl methyl sites for hydroxylation is 2. The molecule has 1 fully saturated rings. The van der Waals surface area contributed by atoms with Gasteiger partial charge in [-0.05, 0) is 61.7 Å². The summed E-state index contributed by atoms with van der Waals surface area (Å²) >= 11 is 0. The molecule has 0 radical (unpaired) electrons. The summed E-state index contributed by atoms with van der Waals surface area (Å²) in [5.41, 5.74) is 3.38. The molecule has 196 valence electrons. The van der Waals surface area contributed by atoms with E-state index in [1.807, 2.05) is 78.4 Å². The van der Waals surface area contributed by atoms with E-state index in [4.69, 9.17) is 0 Å². The summed E-state index contributed by atoms with van der Waals surface area (Å²) in [7, 11) is -4.07. The van der Waals surface area contributed by atoms with Crippen LogP contribution in [0.5, 0.6) is 0 Å². The van der Waals surface area contributed by atoms with Gasteiger partial charge in [0.1, 0.15) is 11.4 Å². The fourth-order valence-electron chi connectivity index (χ4n) is 5.26. The monoisotopic (exact) mass is 537 g/mol. The SMILES string of the molecule is Cc1ccc2cc(-n3ccnc3C3(NC(=O)NS(=O)(=O)c4ccccc4C)CC3c3ccccc3)ccc2n1. The van der Waals surface area contributed by atoms with Crippen LogP contribution in [-0.4, -0.2) is 29.0 Å². The second-order valence-electron chi connectivity index (χ2n) is 9.91. The van der Waals surface area contributed by atoms with Gasteiger partial charge in [0.15, 0.2) is 0 Å². The molecule has 0 spiro atoms. The fourth-order valence-corrected chi connectivity index (χ4v) is 6.42. The number of sulfonamides is 1. The van der Waals surface area contributed by atoms with Crippen LogP contribution < -0.4 is 10.0 Å². The van der Waals surface area contributed by atoms with E-state index in [0.29, 0.717) is 17.8 Å². The molecule has 39 heavy (non-hydrogen) atoms. The van der Waals surface area contributed by atoms with Crippen LogP contribution in [0.3, 0.4) is 0 Å². The number of pyridine rings is 1. The van der Waals surface area contributed by atoms with Crippen molar-refractivity contribution in [3.63, 3.8) is 0 Å². The van der Waals surface area contributed by atoms with Crippen molar-refractivity contribution in [3.05, 3.63) is 120 Å². The Labute approximate surface area is 226 Å². The first-order chi connectivity index (χ1) is 18.8. The molecule has 2 unspecified atom stereocenters. The quantitative estimate of drug-likeness (QED) is 0.313. The van der Waals surface area contributed by atoms with Crippen molar-refractivity contribution in [3.8, 4) is 5.69 Å². The number of nitrogens with one attached hydrogen (secondary N) is 2. The topological polar surface area (TPSA) is 106 Å². The summed E-state index contributed by atoms with van der Waals surface area (Å²) < 4.78 is 30.2. The lowest BCUT2D eigenvalue weighted by Crippen LogP contribution is -2.46. The third kappa shape index (κ3) is 4.55. The molecule has 2 aromatic heterocycles. The fraction of sp³-hybridized carbons (Fsp3) is 0.167. The summed E-state index contributed by atoms with van der Waals surface area (Å²) in [4.78, 5) is 22.6. The van der Waals surface area contributed by atoms with Crippen molar-refractivity contribution in [2.75, 3.05) is 0 Å². The van der Waals surface area contributed by atoms with E-state index in [1.165, 1.54) is 6.07 Å². The summed E-state index contributed by atoms with van der Waals surface area (Å²) in [6.45, 7) is 3.65. The number of nitrogens with zero attached hydrogens (tertiary/aromatic N) is 3. The highest BCUT2D eigenvalue weighted by Gasteiger charge is 2.60. The number of imidazole rings is 1. The Bertz CT molecular complexity index is 1820. The van der Waals surface area contributed by atoms with Crippen molar-refractivity contribution >= 4 is 27.0 Å². The van der Waals surface area contributed by atoms with E-state index in [1.54, 1.807) is 31.3 Å². The number of hydrogen-bond acceptors (Lipinski definition) is 5. The maximum Gasteiger partial charge on any atom is 0.329 e. The van der Waals surface area contributed by atoms with Crippen molar-refractivity contribution in [1.82, 2.24) is 24.6 Å². The molecule has 2 heterocycles. The lowest BCUT2D eigenvalue weighted by Gasteiger charge is -2.22. The molecule has 6 rings (SSSR count). The van der Waals surface area contributed by atoms with Crippen molar-refractivity contribution in [2.24, 2.45) is 0 Å². The number of fused-ring (bicyclic) bond motifs is 1. The average molecular weight is 538 g/mol. The molecule has 8 nitrogen and oxygen atoms in total. The zero-order chi connectivity index (χ0) is 27.2. The predicted molar refractivity (Wildman–Crippen MR) is 149 cm³/mol. The van der Waals surface area contributed by atoms with Crippen molar-refractivity contribution in [2.45, 2.75) is 36.6 Å². The first-order valence-electron chi connectivity index (χ1n) is 12.6. The van der Waals surface area contributed by atoms with Gasteiger partial charge in [-0.15, -0.1) is 0 Å². The number of hydrogen-bond donors (Lipinski definition) is 2. The zero-order valence-corrected chi connectivity index (χ0v) is 22.3. The second-order valence-corrected chi connectivity index (χ2v) is 11.6. The van der Waals surface area contributed by atoms with Gasteiger partial charge < -0.3 is 9.88 Å². The number of carbonyl (C=O) groups is 1. The van der Waals surface area contributed by atoms with Crippen LogP contribution >= 0.6 is 0 Å². The molecule has 1 saturated carbocycles. The molecule has 2 atom stereocenters. The van der Waals surface area contributed by atoms with E-state index in [-0.39, 0.29) is 10.8 Å². The van der Waals surface area contributed by atoms with E-state index in [9.17, 15) is 13.2 Å². The Kier molecular flexibility index (Phi) is 5.95. The molecular weight excluding hydrogens is 510 g/mol. The smallest absolute Gasteiger partial charge is 0.324 e. The standard InChI is InChI=1S/C30H27N5O3S/c1-20-8-6-7-11-27(20)39(37,38)34-29(36)33-30(19-25(30)22-9-4-3-5-10-22)28-31-16-17-35(28)24-14-15-26-23(18-24)13-12-21(2)32-26/h3-18,25H,19H2,1-2H3,(H2,33,34,36). The third-order valence-corrected chi connectivity index (χ3v) is 8.73. The minimum Gasteiger partial charge on any atom is -0.324 e. The molecule has 0 aliphatic heterocycles. The van der Waals surface area contributed by atoms with Crippen LogP contribution in [0.15, 0.2) is 102 Å². The van der Waals surface area contributed by atoms with E-state index >= 15 is 0 Å². The molecular formula is C30H27N5O3S. The average Bonchev–Trinajstić information content (AvgIpc) is 3.41.